The molecule has 0 N–H and O–H groups in total. The lowest BCUT2D eigenvalue weighted by Gasteiger charge is -2.33. The Bertz CT molecular complexity index is 3770. The topological polar surface area (TPSA) is 3.24 Å². The average molecular weight is 848 g/mol. The van der Waals surface area contributed by atoms with Gasteiger partial charge in [0, 0.05) is 17.1 Å². The zero-order chi connectivity index (χ0) is 43.8. The normalized spacial score (nSPS) is 14.2. The molecule has 4 aliphatic rings. The molecule has 2 spiro atoms. The van der Waals surface area contributed by atoms with E-state index in [0.29, 0.717) is 0 Å². The monoisotopic (exact) mass is 847 g/mol. The van der Waals surface area contributed by atoms with Crippen LogP contribution in [0.1, 0.15) is 44.5 Å². The van der Waals surface area contributed by atoms with Gasteiger partial charge >= 0.3 is 0 Å². The van der Waals surface area contributed by atoms with Gasteiger partial charge in [-0.05, 0) is 147 Å². The third kappa shape index (κ3) is 4.68. The van der Waals surface area contributed by atoms with Crippen molar-refractivity contribution in [1.82, 2.24) is 0 Å². The first-order chi connectivity index (χ1) is 33.2. The van der Waals surface area contributed by atoms with Gasteiger partial charge in [0.05, 0.1) is 10.8 Å². The molecule has 0 saturated carbocycles. The zero-order valence-electron chi connectivity index (χ0n) is 36.6. The third-order valence-corrected chi connectivity index (χ3v) is 15.7. The predicted molar refractivity (Wildman–Crippen MR) is 277 cm³/mol. The zero-order valence-corrected chi connectivity index (χ0v) is 36.6. The van der Waals surface area contributed by atoms with E-state index in [1.807, 2.05) is 0 Å². The Hall–Kier alpha value is -8.52. The fourth-order valence-corrected chi connectivity index (χ4v) is 13.1. The molecule has 0 fully saturated rings. The van der Waals surface area contributed by atoms with Crippen LogP contribution in [-0.4, -0.2) is 0 Å². The molecule has 11 aromatic rings. The molecule has 1 nitrogen and oxygen atoms in total. The highest BCUT2D eigenvalue weighted by Gasteiger charge is 2.53. The van der Waals surface area contributed by atoms with Crippen LogP contribution >= 0.6 is 0 Å². The quantitative estimate of drug-likeness (QED) is 0.171. The van der Waals surface area contributed by atoms with E-state index in [0.717, 1.165) is 17.1 Å². The van der Waals surface area contributed by atoms with E-state index in [-0.39, 0.29) is 0 Å². The van der Waals surface area contributed by atoms with Crippen LogP contribution in [0.25, 0.3) is 66.4 Å². The number of benzene rings is 11. The summed E-state index contributed by atoms with van der Waals surface area (Å²) in [6.45, 7) is 0. The Morgan fingerprint density at radius 3 is 1.16 bits per heavy atom. The first kappa shape index (κ1) is 36.8. The van der Waals surface area contributed by atoms with Gasteiger partial charge in [0.25, 0.3) is 0 Å². The summed E-state index contributed by atoms with van der Waals surface area (Å²) >= 11 is 0. The van der Waals surface area contributed by atoms with Crippen LogP contribution in [0.2, 0.25) is 0 Å². The van der Waals surface area contributed by atoms with Gasteiger partial charge in [-0.1, -0.05) is 212 Å². The molecule has 67 heavy (non-hydrogen) atoms. The standard InChI is InChI=1S/C66H41N/c1-2-16-42(17-3-1)43-30-33-45(34-31-43)67(46-35-37-54-53-24-10-13-27-58(53)65(62(54)40-46)56-25-11-6-20-49(56)50-21-7-12-26-57(50)65)47-36-38-55-63(41-47)66(61-39-32-44-18-4-5-19-48(44)64(55)61)59-28-14-8-22-51(59)52-23-9-15-29-60(52)66/h1-41H. The van der Waals surface area contributed by atoms with Crippen molar-refractivity contribution in [2.45, 2.75) is 10.8 Å². The predicted octanol–water partition coefficient (Wildman–Crippen LogP) is 16.7. The first-order valence-electron chi connectivity index (χ1n) is 23.5. The minimum Gasteiger partial charge on any atom is -0.310 e. The van der Waals surface area contributed by atoms with E-state index in [2.05, 4.69) is 254 Å². The Kier molecular flexibility index (Phi) is 7.42. The van der Waals surface area contributed by atoms with Crippen LogP contribution in [0.4, 0.5) is 17.1 Å². The van der Waals surface area contributed by atoms with Gasteiger partial charge in [0.1, 0.15) is 0 Å². The third-order valence-electron chi connectivity index (χ3n) is 15.7. The SMILES string of the molecule is c1ccc(-c2ccc(N(c3ccc4c(c3)C3(c5ccccc5-c5ccccc53)c3ccccc3-4)c3ccc4c(c3)C3(c5ccccc5-c5ccccc53)c3ccc5ccccc5c3-4)cc2)cc1. The fraction of sp³-hybridized carbons (Fsp3) is 0.0303. The lowest BCUT2D eigenvalue weighted by molar-refractivity contribution is 0.793. The van der Waals surface area contributed by atoms with E-state index >= 15 is 0 Å². The van der Waals surface area contributed by atoms with Crippen LogP contribution in [-0.2, 0) is 10.8 Å². The molecule has 0 saturated heterocycles. The van der Waals surface area contributed by atoms with Gasteiger partial charge in [0.2, 0.25) is 0 Å². The van der Waals surface area contributed by atoms with E-state index < -0.39 is 10.8 Å². The molecule has 0 unspecified atom stereocenters. The summed E-state index contributed by atoms with van der Waals surface area (Å²) in [5.74, 6) is 0. The Balaban J connectivity index is 1.01. The largest absolute Gasteiger partial charge is 0.310 e. The first-order valence-corrected chi connectivity index (χ1v) is 23.5. The lowest BCUT2D eigenvalue weighted by Crippen LogP contribution is -2.26. The van der Waals surface area contributed by atoms with Crippen molar-refractivity contribution in [3.05, 3.63) is 293 Å². The smallest absolute Gasteiger partial charge is 0.0726 e. The molecular formula is C66H41N. The Morgan fingerprint density at radius 1 is 0.239 bits per heavy atom. The van der Waals surface area contributed by atoms with Crippen molar-refractivity contribution < 1.29 is 0 Å². The molecule has 0 bridgehead atoms. The molecule has 1 heteroatoms. The van der Waals surface area contributed by atoms with Gasteiger partial charge in [-0.15, -0.1) is 0 Å². The summed E-state index contributed by atoms with van der Waals surface area (Å²) in [7, 11) is 0. The molecule has 0 amide bonds. The van der Waals surface area contributed by atoms with Gasteiger partial charge in [-0.2, -0.15) is 0 Å². The van der Waals surface area contributed by atoms with Crippen molar-refractivity contribution in [2.75, 3.05) is 4.90 Å². The van der Waals surface area contributed by atoms with Crippen LogP contribution in [0.5, 0.6) is 0 Å². The molecular weight excluding hydrogens is 807 g/mol. The molecule has 11 aromatic carbocycles. The Morgan fingerprint density at radius 2 is 0.627 bits per heavy atom. The second-order valence-corrected chi connectivity index (χ2v) is 18.6. The van der Waals surface area contributed by atoms with Crippen LogP contribution in [0, 0.1) is 0 Å². The maximum Gasteiger partial charge on any atom is 0.0726 e. The highest BCUT2D eigenvalue weighted by atomic mass is 15.1. The second kappa shape index (κ2) is 13.5. The summed E-state index contributed by atoms with van der Waals surface area (Å²) in [5, 5.41) is 2.55. The summed E-state index contributed by atoms with van der Waals surface area (Å²) in [6.07, 6.45) is 0. The van der Waals surface area contributed by atoms with E-state index in [1.165, 1.54) is 111 Å². The molecule has 310 valence electrons. The molecule has 0 aliphatic heterocycles. The maximum atomic E-state index is 2.53. The number of hydrogen-bond acceptors (Lipinski definition) is 1. The number of nitrogens with zero attached hydrogens (tertiary/aromatic N) is 1. The van der Waals surface area contributed by atoms with Crippen molar-refractivity contribution in [3.8, 4) is 55.6 Å². The minimum absolute atomic E-state index is 0.458. The summed E-state index contributed by atoms with van der Waals surface area (Å²) in [5.41, 5.74) is 26.0. The summed E-state index contributed by atoms with van der Waals surface area (Å²) < 4.78 is 0. The van der Waals surface area contributed by atoms with Gasteiger partial charge < -0.3 is 4.90 Å². The van der Waals surface area contributed by atoms with Crippen LogP contribution in [0.15, 0.2) is 249 Å². The highest BCUT2D eigenvalue weighted by Crippen LogP contribution is 2.66. The molecule has 0 radical (unpaired) electrons. The molecule has 0 aromatic heterocycles. The van der Waals surface area contributed by atoms with E-state index in [9.17, 15) is 0 Å². The van der Waals surface area contributed by atoms with Gasteiger partial charge in [0.15, 0.2) is 0 Å². The fourth-order valence-electron chi connectivity index (χ4n) is 13.1. The maximum absolute atomic E-state index is 2.53. The highest BCUT2D eigenvalue weighted by molar-refractivity contribution is 6.07. The minimum atomic E-state index is -0.498. The molecule has 0 heterocycles. The lowest BCUT2D eigenvalue weighted by atomic mass is 9.70. The van der Waals surface area contributed by atoms with Crippen molar-refractivity contribution >= 4 is 27.8 Å². The van der Waals surface area contributed by atoms with Gasteiger partial charge in [-0.3, -0.25) is 0 Å². The van der Waals surface area contributed by atoms with Crippen molar-refractivity contribution in [2.24, 2.45) is 0 Å². The summed E-state index contributed by atoms with van der Waals surface area (Å²) in [6, 6.07) is 93.8. The molecule has 15 rings (SSSR count). The Labute approximate surface area is 390 Å². The van der Waals surface area contributed by atoms with Gasteiger partial charge in [-0.25, -0.2) is 0 Å². The number of fused-ring (bicyclic) bond motifs is 22. The molecule has 4 aliphatic carbocycles. The number of anilines is 3. The van der Waals surface area contributed by atoms with E-state index in [4.69, 9.17) is 0 Å². The molecule has 0 atom stereocenters. The van der Waals surface area contributed by atoms with Crippen molar-refractivity contribution in [3.63, 3.8) is 0 Å². The summed E-state index contributed by atoms with van der Waals surface area (Å²) in [4.78, 5) is 2.51. The number of hydrogen-bond donors (Lipinski definition) is 0. The average Bonchev–Trinajstić information content (AvgIpc) is 4.08. The number of rotatable bonds is 4. The van der Waals surface area contributed by atoms with Crippen LogP contribution < -0.4 is 4.90 Å². The van der Waals surface area contributed by atoms with Crippen LogP contribution in [0.3, 0.4) is 0 Å². The second-order valence-electron chi connectivity index (χ2n) is 18.6. The van der Waals surface area contributed by atoms with E-state index in [1.54, 1.807) is 0 Å². The van der Waals surface area contributed by atoms with Crippen molar-refractivity contribution in [1.29, 1.82) is 0 Å².